The molecule has 0 spiro atoms. The lowest BCUT2D eigenvalue weighted by molar-refractivity contribution is -0.153. The number of nitrogens with zero attached hydrogens (tertiary/aromatic N) is 1. The molecule has 6 nitrogen and oxygen atoms in total. The molecule has 3 rings (SSSR count). The van der Waals surface area contributed by atoms with Gasteiger partial charge in [-0.3, -0.25) is 4.79 Å². The van der Waals surface area contributed by atoms with E-state index in [4.69, 9.17) is 14.2 Å². The highest BCUT2D eigenvalue weighted by Crippen LogP contribution is 2.15. The first kappa shape index (κ1) is 20.6. The lowest BCUT2D eigenvalue weighted by Gasteiger charge is -2.15. The van der Waals surface area contributed by atoms with Crippen LogP contribution >= 0.6 is 0 Å². The number of aromatic nitrogens is 1. The number of hydrogen-bond donors (Lipinski definition) is 0. The summed E-state index contributed by atoms with van der Waals surface area (Å²) in [7, 11) is 1.35. The van der Waals surface area contributed by atoms with Gasteiger partial charge < -0.3 is 18.8 Å². The third-order valence-electron chi connectivity index (χ3n) is 4.66. The summed E-state index contributed by atoms with van der Waals surface area (Å²) in [6.45, 7) is 3.12. The minimum Gasteiger partial charge on any atom is -0.492 e. The van der Waals surface area contributed by atoms with Crippen LogP contribution in [0.15, 0.2) is 65.6 Å². The highest BCUT2D eigenvalue weighted by Gasteiger charge is 2.19. The van der Waals surface area contributed by atoms with Gasteiger partial charge in [0.15, 0.2) is 6.10 Å². The number of carbonyl (C=O) groups excluding carboxylic acids is 1. The van der Waals surface area contributed by atoms with Gasteiger partial charge in [0.2, 0.25) is 0 Å². The molecule has 0 aliphatic rings. The monoisotopic (exact) mass is 395 g/mol. The molecule has 0 aliphatic heterocycles. The van der Waals surface area contributed by atoms with Crippen LogP contribution in [-0.2, 0) is 27.2 Å². The van der Waals surface area contributed by atoms with Crippen LogP contribution in [0.3, 0.4) is 0 Å². The molecule has 1 unspecified atom stereocenters. The number of ether oxygens (including phenoxy) is 3. The molecular formula is C23H25NO5. The lowest BCUT2D eigenvalue weighted by atomic mass is 10.1. The number of rotatable bonds is 9. The molecule has 29 heavy (non-hydrogen) atoms. The maximum absolute atomic E-state index is 12.5. The van der Waals surface area contributed by atoms with Gasteiger partial charge in [0.1, 0.15) is 12.4 Å². The Labute approximate surface area is 169 Å². The second-order valence-corrected chi connectivity index (χ2v) is 6.57. The summed E-state index contributed by atoms with van der Waals surface area (Å²) in [6.07, 6.45) is 1.61. The van der Waals surface area contributed by atoms with Crippen molar-refractivity contribution in [1.29, 1.82) is 0 Å². The fraction of sp³-hybridized carbons (Fsp3) is 0.304. The molecule has 2 aromatic carbocycles. The normalized spacial score (nSPS) is 11.9. The van der Waals surface area contributed by atoms with E-state index >= 15 is 0 Å². The molecule has 1 heterocycles. The summed E-state index contributed by atoms with van der Waals surface area (Å²) < 4.78 is 17.6. The van der Waals surface area contributed by atoms with Crippen molar-refractivity contribution in [2.45, 2.75) is 26.0 Å². The minimum absolute atomic E-state index is 0.0215. The number of hydrogen-bond acceptors (Lipinski definition) is 5. The van der Waals surface area contributed by atoms with Crippen LogP contribution in [0.4, 0.5) is 0 Å². The first-order valence-electron chi connectivity index (χ1n) is 9.61. The first-order chi connectivity index (χ1) is 14.1. The van der Waals surface area contributed by atoms with Crippen molar-refractivity contribution in [3.05, 3.63) is 76.7 Å². The van der Waals surface area contributed by atoms with Gasteiger partial charge in [0.05, 0.1) is 13.7 Å². The van der Waals surface area contributed by atoms with Crippen molar-refractivity contribution in [2.75, 3.05) is 20.3 Å². The van der Waals surface area contributed by atoms with Crippen LogP contribution < -0.4 is 10.3 Å². The molecular weight excluding hydrogens is 370 g/mol. The number of carbonyl (C=O) groups is 1. The standard InChI is InChI=1S/C23H25NO5/c1-3-28-21(23(26)27-2)16-17-8-10-19(11-9-17)29-15-14-24-13-12-18-6-4-5-7-20(18)22(24)25/h4-13,21H,3,14-16H2,1-2H3. The van der Waals surface area contributed by atoms with Crippen molar-refractivity contribution in [2.24, 2.45) is 0 Å². The van der Waals surface area contributed by atoms with Crippen LogP contribution in [0.25, 0.3) is 10.8 Å². The molecule has 6 heteroatoms. The van der Waals surface area contributed by atoms with E-state index in [2.05, 4.69) is 0 Å². The topological polar surface area (TPSA) is 66.8 Å². The summed E-state index contributed by atoms with van der Waals surface area (Å²) in [5, 5.41) is 1.64. The number of benzene rings is 2. The third-order valence-corrected chi connectivity index (χ3v) is 4.66. The first-order valence-corrected chi connectivity index (χ1v) is 9.61. The molecule has 0 fully saturated rings. The van der Waals surface area contributed by atoms with E-state index in [1.165, 1.54) is 7.11 Å². The fourth-order valence-corrected chi connectivity index (χ4v) is 3.15. The molecule has 1 aromatic heterocycles. The van der Waals surface area contributed by atoms with E-state index < -0.39 is 6.10 Å². The molecule has 0 saturated heterocycles. The summed E-state index contributed by atoms with van der Waals surface area (Å²) in [6, 6.07) is 17.0. The minimum atomic E-state index is -0.614. The van der Waals surface area contributed by atoms with E-state index in [9.17, 15) is 9.59 Å². The Kier molecular flexibility index (Phi) is 7.03. The SMILES string of the molecule is CCOC(Cc1ccc(OCCn2ccc3ccccc3c2=O)cc1)C(=O)OC. The van der Waals surface area contributed by atoms with Crippen LogP contribution in [0.1, 0.15) is 12.5 Å². The van der Waals surface area contributed by atoms with Crippen molar-refractivity contribution in [3.63, 3.8) is 0 Å². The maximum Gasteiger partial charge on any atom is 0.335 e. The molecule has 0 aliphatic carbocycles. The van der Waals surface area contributed by atoms with Crippen LogP contribution in [0.5, 0.6) is 5.75 Å². The smallest absolute Gasteiger partial charge is 0.335 e. The van der Waals surface area contributed by atoms with Gasteiger partial charge in [-0.15, -0.1) is 0 Å². The van der Waals surface area contributed by atoms with E-state index in [0.717, 1.165) is 10.9 Å². The zero-order valence-electron chi connectivity index (χ0n) is 16.7. The summed E-state index contributed by atoms with van der Waals surface area (Å²) in [4.78, 5) is 24.3. The molecule has 0 amide bonds. The Balaban J connectivity index is 1.57. The summed E-state index contributed by atoms with van der Waals surface area (Å²) in [5.74, 6) is 0.321. The van der Waals surface area contributed by atoms with Crippen molar-refractivity contribution in [3.8, 4) is 5.75 Å². The molecule has 152 valence electrons. The quantitative estimate of drug-likeness (QED) is 0.521. The molecule has 0 bridgehead atoms. The molecule has 1 atom stereocenters. The van der Waals surface area contributed by atoms with Crippen molar-refractivity contribution < 1.29 is 19.0 Å². The van der Waals surface area contributed by atoms with Gasteiger partial charge in [0, 0.05) is 24.6 Å². The Morgan fingerprint density at radius 1 is 1.07 bits per heavy atom. The Bertz CT molecular complexity index is 1010. The van der Waals surface area contributed by atoms with Gasteiger partial charge >= 0.3 is 5.97 Å². The lowest BCUT2D eigenvalue weighted by Crippen LogP contribution is -2.28. The predicted octanol–water partition coefficient (Wildman–Crippen LogP) is 3.20. The van der Waals surface area contributed by atoms with E-state index in [1.54, 1.807) is 10.8 Å². The number of esters is 1. The van der Waals surface area contributed by atoms with E-state index in [-0.39, 0.29) is 11.5 Å². The second-order valence-electron chi connectivity index (χ2n) is 6.57. The Morgan fingerprint density at radius 2 is 1.83 bits per heavy atom. The molecule has 0 saturated carbocycles. The summed E-state index contributed by atoms with van der Waals surface area (Å²) in [5.41, 5.74) is 0.929. The van der Waals surface area contributed by atoms with Crippen molar-refractivity contribution >= 4 is 16.7 Å². The van der Waals surface area contributed by atoms with Crippen LogP contribution in [-0.4, -0.2) is 37.0 Å². The summed E-state index contributed by atoms with van der Waals surface area (Å²) >= 11 is 0. The van der Waals surface area contributed by atoms with Gasteiger partial charge in [-0.2, -0.15) is 0 Å². The van der Waals surface area contributed by atoms with Gasteiger partial charge in [-0.1, -0.05) is 30.3 Å². The third kappa shape index (κ3) is 5.23. The number of fused-ring (bicyclic) bond motifs is 1. The zero-order valence-corrected chi connectivity index (χ0v) is 16.7. The average Bonchev–Trinajstić information content (AvgIpc) is 2.76. The van der Waals surface area contributed by atoms with Gasteiger partial charge in [-0.05, 0) is 42.1 Å². The fourth-order valence-electron chi connectivity index (χ4n) is 3.15. The maximum atomic E-state index is 12.5. The van der Waals surface area contributed by atoms with Gasteiger partial charge in [0.25, 0.3) is 5.56 Å². The predicted molar refractivity (Wildman–Crippen MR) is 111 cm³/mol. The zero-order chi connectivity index (χ0) is 20.6. The molecule has 0 N–H and O–H groups in total. The van der Waals surface area contributed by atoms with Crippen LogP contribution in [0.2, 0.25) is 0 Å². The van der Waals surface area contributed by atoms with E-state index in [1.807, 2.05) is 61.5 Å². The van der Waals surface area contributed by atoms with Gasteiger partial charge in [-0.25, -0.2) is 4.79 Å². The Hall–Kier alpha value is -3.12. The highest BCUT2D eigenvalue weighted by atomic mass is 16.6. The number of methoxy groups -OCH3 is 1. The molecule has 0 radical (unpaired) electrons. The second kappa shape index (κ2) is 9.89. The molecule has 3 aromatic rings. The Morgan fingerprint density at radius 3 is 2.55 bits per heavy atom. The van der Waals surface area contributed by atoms with Crippen molar-refractivity contribution in [1.82, 2.24) is 4.57 Å². The average molecular weight is 395 g/mol. The number of pyridine rings is 1. The largest absolute Gasteiger partial charge is 0.492 e. The van der Waals surface area contributed by atoms with Crippen LogP contribution in [0, 0.1) is 0 Å². The van der Waals surface area contributed by atoms with E-state index in [0.29, 0.717) is 37.3 Å². The highest BCUT2D eigenvalue weighted by molar-refractivity contribution is 5.81.